The van der Waals surface area contributed by atoms with Crippen LogP contribution in [0.2, 0.25) is 0 Å². The maximum atomic E-state index is 14.3. The minimum atomic E-state index is -0.450. The molecule has 33 heavy (non-hydrogen) atoms. The first kappa shape index (κ1) is 23.5. The van der Waals surface area contributed by atoms with E-state index < -0.39 is 5.97 Å². The normalized spacial score (nSPS) is 24.9. The van der Waals surface area contributed by atoms with E-state index in [1.807, 2.05) is 31.2 Å². The Morgan fingerprint density at radius 1 is 1.06 bits per heavy atom. The zero-order valence-corrected chi connectivity index (χ0v) is 19.6. The third kappa shape index (κ3) is 5.82. The summed E-state index contributed by atoms with van der Waals surface area (Å²) in [7, 11) is 0. The van der Waals surface area contributed by atoms with Crippen molar-refractivity contribution in [1.29, 1.82) is 0 Å². The molecule has 2 fully saturated rings. The number of halogens is 1. The van der Waals surface area contributed by atoms with Gasteiger partial charge in [-0.1, -0.05) is 36.4 Å². The molecule has 0 spiro atoms. The summed E-state index contributed by atoms with van der Waals surface area (Å²) < 4.78 is 19.8. The van der Waals surface area contributed by atoms with Gasteiger partial charge in [0.05, 0.1) is 5.56 Å². The first-order valence-electron chi connectivity index (χ1n) is 12.4. The Morgan fingerprint density at radius 2 is 1.82 bits per heavy atom. The molecular weight excluding hydrogens is 411 g/mol. The third-order valence-corrected chi connectivity index (χ3v) is 7.66. The van der Waals surface area contributed by atoms with Crippen LogP contribution in [0.25, 0.3) is 0 Å². The molecule has 2 aliphatic carbocycles. The second-order valence-corrected chi connectivity index (χ2v) is 9.71. The molecule has 0 radical (unpaired) electrons. The van der Waals surface area contributed by atoms with Crippen molar-refractivity contribution in [2.24, 2.45) is 17.8 Å². The van der Waals surface area contributed by atoms with E-state index in [-0.39, 0.29) is 11.6 Å². The number of rotatable bonds is 7. The van der Waals surface area contributed by atoms with Gasteiger partial charge in [0.15, 0.2) is 0 Å². The molecule has 2 aromatic carbocycles. The number of esters is 1. The lowest BCUT2D eigenvalue weighted by Gasteiger charge is -2.41. The minimum absolute atomic E-state index is 0.241. The number of carbonyl (C=O) groups is 1. The lowest BCUT2D eigenvalue weighted by Crippen LogP contribution is -2.29. The minimum Gasteiger partial charge on any atom is -0.423 e. The van der Waals surface area contributed by atoms with Crippen molar-refractivity contribution in [3.05, 3.63) is 89.8 Å². The van der Waals surface area contributed by atoms with Gasteiger partial charge in [-0.15, -0.1) is 6.58 Å². The highest BCUT2D eigenvalue weighted by Gasteiger charge is 2.35. The number of allylic oxidation sites excluding steroid dienone is 3. The van der Waals surface area contributed by atoms with Crippen molar-refractivity contribution in [3.63, 3.8) is 0 Å². The largest absolute Gasteiger partial charge is 0.423 e. The van der Waals surface area contributed by atoms with Crippen LogP contribution in [0, 0.1) is 23.6 Å². The number of ether oxygens (including phenoxy) is 1. The average Bonchev–Trinajstić information content (AvgIpc) is 2.85. The summed E-state index contributed by atoms with van der Waals surface area (Å²) in [5.41, 5.74) is 2.44. The van der Waals surface area contributed by atoms with Crippen LogP contribution < -0.4 is 4.74 Å². The Kier molecular flexibility index (Phi) is 7.80. The predicted octanol–water partition coefficient (Wildman–Crippen LogP) is 8.04. The van der Waals surface area contributed by atoms with Crippen molar-refractivity contribution in [2.45, 2.75) is 64.2 Å². The second kappa shape index (κ2) is 11.0. The third-order valence-electron chi connectivity index (χ3n) is 7.66. The smallest absolute Gasteiger partial charge is 0.343 e. The van der Waals surface area contributed by atoms with Crippen LogP contribution in [0.15, 0.2) is 67.3 Å². The molecule has 0 bridgehead atoms. The number of carbonyl (C=O) groups excluding carboxylic acids is 1. The van der Waals surface area contributed by atoms with Gasteiger partial charge in [0.2, 0.25) is 0 Å². The SMILES string of the molecule is C=CC1CCC2CC(c3ccc(C(=O)Oc4ccc(CC/C=C/C)c(F)c4)cc3)CCC2C1. The van der Waals surface area contributed by atoms with Crippen LogP contribution in [0.4, 0.5) is 4.39 Å². The van der Waals surface area contributed by atoms with Gasteiger partial charge in [-0.3, -0.25) is 0 Å². The molecule has 174 valence electrons. The van der Waals surface area contributed by atoms with Crippen molar-refractivity contribution in [3.8, 4) is 5.75 Å². The Hall–Kier alpha value is -2.68. The van der Waals surface area contributed by atoms with E-state index >= 15 is 0 Å². The highest BCUT2D eigenvalue weighted by molar-refractivity contribution is 5.91. The summed E-state index contributed by atoms with van der Waals surface area (Å²) >= 11 is 0. The van der Waals surface area contributed by atoms with Crippen molar-refractivity contribution >= 4 is 5.97 Å². The van der Waals surface area contributed by atoms with Crippen LogP contribution in [0.3, 0.4) is 0 Å². The van der Waals surface area contributed by atoms with Crippen LogP contribution in [-0.2, 0) is 6.42 Å². The van der Waals surface area contributed by atoms with Gasteiger partial charge < -0.3 is 4.74 Å². The molecule has 2 saturated carbocycles. The molecule has 4 atom stereocenters. The van der Waals surface area contributed by atoms with Gasteiger partial charge in [0.25, 0.3) is 0 Å². The fourth-order valence-corrected chi connectivity index (χ4v) is 5.70. The number of benzene rings is 2. The van der Waals surface area contributed by atoms with Gasteiger partial charge in [-0.2, -0.15) is 0 Å². The number of aryl methyl sites for hydroxylation is 1. The van der Waals surface area contributed by atoms with Gasteiger partial charge >= 0.3 is 5.97 Å². The first-order chi connectivity index (χ1) is 16.1. The fraction of sp³-hybridized carbons (Fsp3) is 0.433. The standard InChI is InChI=1S/C30H35FO2/c1-3-5-6-7-23-16-17-28(20-29(23)31)33-30(32)24-12-10-22(11-13-24)26-15-14-25-18-21(4-2)8-9-27(25)19-26/h3-5,10-13,16-17,20-21,25-27H,2,6-9,14-15,18-19H2,1H3/b5-3+. The van der Waals surface area contributed by atoms with Crippen molar-refractivity contribution in [1.82, 2.24) is 0 Å². The first-order valence-corrected chi connectivity index (χ1v) is 12.4. The lowest BCUT2D eigenvalue weighted by atomic mass is 9.64. The molecule has 0 saturated heterocycles. The summed E-state index contributed by atoms with van der Waals surface area (Å²) in [4.78, 5) is 12.6. The maximum Gasteiger partial charge on any atom is 0.343 e. The monoisotopic (exact) mass is 446 g/mol. The average molecular weight is 447 g/mol. The van der Waals surface area contributed by atoms with E-state index in [1.165, 1.54) is 50.2 Å². The highest BCUT2D eigenvalue weighted by atomic mass is 19.1. The molecule has 2 aliphatic rings. The number of fused-ring (bicyclic) bond motifs is 1. The molecular formula is C30H35FO2. The molecule has 0 aliphatic heterocycles. The Bertz CT molecular complexity index is 991. The van der Waals surface area contributed by atoms with E-state index in [0.29, 0.717) is 29.4 Å². The van der Waals surface area contributed by atoms with E-state index in [9.17, 15) is 9.18 Å². The summed E-state index contributed by atoms with van der Waals surface area (Å²) in [6.07, 6.45) is 15.2. The molecule has 0 aromatic heterocycles. The van der Waals surface area contributed by atoms with Gasteiger partial charge in [-0.25, -0.2) is 9.18 Å². The summed E-state index contributed by atoms with van der Waals surface area (Å²) in [6, 6.07) is 12.5. The van der Waals surface area contributed by atoms with Crippen LogP contribution in [0.5, 0.6) is 5.75 Å². The zero-order valence-electron chi connectivity index (χ0n) is 19.6. The van der Waals surface area contributed by atoms with Crippen LogP contribution in [-0.4, -0.2) is 5.97 Å². The Balaban J connectivity index is 1.34. The van der Waals surface area contributed by atoms with E-state index in [2.05, 4.69) is 24.8 Å². The molecule has 2 nitrogen and oxygen atoms in total. The topological polar surface area (TPSA) is 26.3 Å². The van der Waals surface area contributed by atoms with Crippen molar-refractivity contribution in [2.75, 3.05) is 0 Å². The molecule has 0 amide bonds. The summed E-state index contributed by atoms with van der Waals surface area (Å²) in [6.45, 7) is 5.95. The van der Waals surface area contributed by atoms with E-state index in [1.54, 1.807) is 12.1 Å². The van der Waals surface area contributed by atoms with Crippen molar-refractivity contribution < 1.29 is 13.9 Å². The van der Waals surface area contributed by atoms with E-state index in [0.717, 1.165) is 18.3 Å². The number of hydrogen-bond acceptors (Lipinski definition) is 2. The Labute approximate surface area is 197 Å². The lowest BCUT2D eigenvalue weighted by molar-refractivity contribution is 0.0734. The molecule has 4 unspecified atom stereocenters. The molecule has 0 N–H and O–H groups in total. The number of hydrogen-bond donors (Lipinski definition) is 0. The quantitative estimate of drug-likeness (QED) is 0.244. The zero-order chi connectivity index (χ0) is 23.2. The van der Waals surface area contributed by atoms with Gasteiger partial charge in [-0.05, 0) is 111 Å². The molecule has 4 rings (SSSR count). The summed E-state index contributed by atoms with van der Waals surface area (Å²) in [5, 5.41) is 0. The Morgan fingerprint density at radius 3 is 2.55 bits per heavy atom. The van der Waals surface area contributed by atoms with E-state index in [4.69, 9.17) is 4.74 Å². The maximum absolute atomic E-state index is 14.3. The predicted molar refractivity (Wildman–Crippen MR) is 132 cm³/mol. The second-order valence-electron chi connectivity index (χ2n) is 9.71. The molecule has 2 aromatic rings. The van der Waals surface area contributed by atoms with Crippen LogP contribution in [0.1, 0.15) is 79.3 Å². The van der Waals surface area contributed by atoms with Gasteiger partial charge in [0, 0.05) is 6.07 Å². The van der Waals surface area contributed by atoms with Gasteiger partial charge in [0.1, 0.15) is 11.6 Å². The molecule has 0 heterocycles. The summed E-state index contributed by atoms with van der Waals surface area (Å²) in [5.74, 6) is 2.40. The highest BCUT2D eigenvalue weighted by Crippen LogP contribution is 2.47. The van der Waals surface area contributed by atoms with Crippen LogP contribution >= 0.6 is 0 Å². The fourth-order valence-electron chi connectivity index (χ4n) is 5.70. The molecule has 3 heteroatoms.